The molecule has 0 aliphatic rings. The predicted octanol–water partition coefficient (Wildman–Crippen LogP) is 1.79. The van der Waals surface area contributed by atoms with Gasteiger partial charge < -0.3 is 10.6 Å². The first-order valence-electron chi connectivity index (χ1n) is 5.70. The van der Waals surface area contributed by atoms with Crippen molar-refractivity contribution < 1.29 is 9.59 Å². The molecule has 0 unspecified atom stereocenters. The molecule has 1 aromatic rings. The van der Waals surface area contributed by atoms with Crippen LogP contribution >= 0.6 is 11.6 Å². The summed E-state index contributed by atoms with van der Waals surface area (Å²) in [5.74, 6) is -0.465. The van der Waals surface area contributed by atoms with Crippen molar-refractivity contribution in [3.63, 3.8) is 0 Å². The highest BCUT2D eigenvalue weighted by Gasteiger charge is 2.13. The summed E-state index contributed by atoms with van der Waals surface area (Å²) in [5, 5.41) is 5.87. The van der Waals surface area contributed by atoms with Gasteiger partial charge in [-0.2, -0.15) is 0 Å². The van der Waals surface area contributed by atoms with Gasteiger partial charge in [-0.25, -0.2) is 0 Å². The topological polar surface area (TPSA) is 58.2 Å². The van der Waals surface area contributed by atoms with E-state index >= 15 is 0 Å². The molecular formula is C13H17ClN2O2. The fourth-order valence-corrected chi connectivity index (χ4v) is 1.80. The zero-order chi connectivity index (χ0) is 13.7. The number of carbonyl (C=O) groups is 2. The molecule has 2 amide bonds. The van der Waals surface area contributed by atoms with Crippen LogP contribution in [0.25, 0.3) is 0 Å². The average molecular weight is 269 g/mol. The molecule has 0 aliphatic carbocycles. The molecule has 4 nitrogen and oxygen atoms in total. The Morgan fingerprint density at radius 1 is 1.39 bits per heavy atom. The van der Waals surface area contributed by atoms with Gasteiger partial charge in [-0.3, -0.25) is 9.59 Å². The number of amides is 2. The Morgan fingerprint density at radius 3 is 2.61 bits per heavy atom. The molecule has 0 bridgehead atoms. The van der Waals surface area contributed by atoms with Crippen LogP contribution in [-0.2, 0) is 16.1 Å². The number of nitrogens with one attached hydrogen (secondary N) is 2. The average Bonchev–Trinajstić information content (AvgIpc) is 2.26. The number of hydrogen-bond donors (Lipinski definition) is 2. The molecule has 1 aromatic carbocycles. The molecule has 1 rings (SSSR count). The number of aryl methyl sites for hydroxylation is 1. The Hall–Kier alpha value is -1.55. The normalized spacial score (nSPS) is 11.8. The molecule has 0 saturated carbocycles. The fraction of sp³-hybridized carbons (Fsp3) is 0.385. The van der Waals surface area contributed by atoms with Crippen molar-refractivity contribution in [1.82, 2.24) is 10.6 Å². The molecule has 0 saturated heterocycles. The Labute approximate surface area is 112 Å². The Kier molecular flexibility index (Phi) is 5.16. The summed E-state index contributed by atoms with van der Waals surface area (Å²) in [6.07, 6.45) is 0. The molecule has 98 valence electrons. The van der Waals surface area contributed by atoms with E-state index in [1.165, 1.54) is 6.92 Å². The van der Waals surface area contributed by atoms with Crippen molar-refractivity contribution in [3.05, 3.63) is 34.3 Å². The van der Waals surface area contributed by atoms with Crippen LogP contribution in [0.3, 0.4) is 0 Å². The Balaban J connectivity index is 2.54. The predicted molar refractivity (Wildman–Crippen MR) is 71.3 cm³/mol. The van der Waals surface area contributed by atoms with Gasteiger partial charge in [0.1, 0.15) is 6.04 Å². The lowest BCUT2D eigenvalue weighted by atomic mass is 10.1. The van der Waals surface area contributed by atoms with Crippen molar-refractivity contribution in [2.45, 2.75) is 33.4 Å². The van der Waals surface area contributed by atoms with Gasteiger partial charge in [0.15, 0.2) is 0 Å². The minimum Gasteiger partial charge on any atom is -0.350 e. The van der Waals surface area contributed by atoms with Crippen LogP contribution in [-0.4, -0.2) is 17.9 Å². The van der Waals surface area contributed by atoms with Gasteiger partial charge >= 0.3 is 0 Å². The lowest BCUT2D eigenvalue weighted by Crippen LogP contribution is -2.43. The summed E-state index contributed by atoms with van der Waals surface area (Å²) < 4.78 is 0. The lowest BCUT2D eigenvalue weighted by molar-refractivity contribution is -0.127. The minimum absolute atomic E-state index is 0.231. The van der Waals surface area contributed by atoms with Gasteiger partial charge in [-0.1, -0.05) is 23.7 Å². The molecular weight excluding hydrogens is 252 g/mol. The molecule has 0 spiro atoms. The molecule has 0 aromatic heterocycles. The van der Waals surface area contributed by atoms with Crippen LogP contribution < -0.4 is 10.6 Å². The first kappa shape index (κ1) is 14.5. The van der Waals surface area contributed by atoms with E-state index in [2.05, 4.69) is 10.6 Å². The summed E-state index contributed by atoms with van der Waals surface area (Å²) in [5.41, 5.74) is 1.92. The fourth-order valence-electron chi connectivity index (χ4n) is 1.50. The number of benzene rings is 1. The third kappa shape index (κ3) is 4.37. The molecule has 0 fully saturated rings. The zero-order valence-electron chi connectivity index (χ0n) is 10.7. The third-order valence-corrected chi connectivity index (χ3v) is 2.83. The smallest absolute Gasteiger partial charge is 0.242 e. The summed E-state index contributed by atoms with van der Waals surface area (Å²) in [4.78, 5) is 22.5. The second-order valence-electron chi connectivity index (χ2n) is 4.23. The van der Waals surface area contributed by atoms with Crippen LogP contribution in [0.2, 0.25) is 5.02 Å². The van der Waals surface area contributed by atoms with E-state index in [-0.39, 0.29) is 11.8 Å². The van der Waals surface area contributed by atoms with Crippen molar-refractivity contribution in [2.24, 2.45) is 0 Å². The lowest BCUT2D eigenvalue weighted by Gasteiger charge is -2.13. The first-order valence-corrected chi connectivity index (χ1v) is 6.08. The van der Waals surface area contributed by atoms with Crippen molar-refractivity contribution in [2.75, 3.05) is 0 Å². The van der Waals surface area contributed by atoms with E-state index in [0.29, 0.717) is 11.6 Å². The van der Waals surface area contributed by atoms with E-state index in [9.17, 15) is 9.59 Å². The van der Waals surface area contributed by atoms with Crippen molar-refractivity contribution in [1.29, 1.82) is 0 Å². The molecule has 0 aliphatic heterocycles. The van der Waals surface area contributed by atoms with Gasteiger partial charge in [-0.05, 0) is 31.0 Å². The summed E-state index contributed by atoms with van der Waals surface area (Å²) in [6, 6.07) is 5.11. The van der Waals surface area contributed by atoms with Crippen molar-refractivity contribution >= 4 is 23.4 Å². The zero-order valence-corrected chi connectivity index (χ0v) is 11.5. The quantitative estimate of drug-likeness (QED) is 0.875. The second-order valence-corrected chi connectivity index (χ2v) is 4.64. The summed E-state index contributed by atoms with van der Waals surface area (Å²) in [7, 11) is 0. The molecule has 5 heteroatoms. The Bertz CT molecular complexity index is 460. The number of rotatable bonds is 4. The standard InChI is InChI=1S/C13H17ClN2O2/c1-8-4-5-11(12(14)6-8)7-15-13(18)9(2)16-10(3)17/h4-6,9H,7H2,1-3H3,(H,15,18)(H,16,17)/t9-/m0/s1. The van der Waals surface area contributed by atoms with E-state index in [4.69, 9.17) is 11.6 Å². The second kappa shape index (κ2) is 6.40. The highest BCUT2D eigenvalue weighted by atomic mass is 35.5. The largest absolute Gasteiger partial charge is 0.350 e. The number of halogens is 1. The maximum atomic E-state index is 11.7. The number of hydrogen-bond acceptors (Lipinski definition) is 2. The maximum Gasteiger partial charge on any atom is 0.242 e. The van der Waals surface area contributed by atoms with Gasteiger partial charge in [0.05, 0.1) is 0 Å². The molecule has 0 radical (unpaired) electrons. The molecule has 18 heavy (non-hydrogen) atoms. The van der Waals surface area contributed by atoms with Gasteiger partial charge in [-0.15, -0.1) is 0 Å². The van der Waals surface area contributed by atoms with E-state index in [1.54, 1.807) is 6.92 Å². The van der Waals surface area contributed by atoms with Crippen LogP contribution in [0.15, 0.2) is 18.2 Å². The van der Waals surface area contributed by atoms with E-state index in [0.717, 1.165) is 11.1 Å². The first-order chi connectivity index (χ1) is 8.40. The van der Waals surface area contributed by atoms with Crippen LogP contribution in [0.1, 0.15) is 25.0 Å². The van der Waals surface area contributed by atoms with Crippen LogP contribution in [0.4, 0.5) is 0 Å². The van der Waals surface area contributed by atoms with Gasteiger partial charge in [0.25, 0.3) is 0 Å². The number of carbonyl (C=O) groups excluding carboxylic acids is 2. The van der Waals surface area contributed by atoms with E-state index < -0.39 is 6.04 Å². The summed E-state index contributed by atoms with van der Waals surface area (Å²) in [6.45, 7) is 5.31. The SMILES string of the molecule is CC(=O)N[C@@H](C)C(=O)NCc1ccc(C)cc1Cl. The molecule has 1 atom stereocenters. The van der Waals surface area contributed by atoms with Gasteiger partial charge in [0.2, 0.25) is 11.8 Å². The van der Waals surface area contributed by atoms with Gasteiger partial charge in [0, 0.05) is 18.5 Å². The van der Waals surface area contributed by atoms with Crippen LogP contribution in [0.5, 0.6) is 0 Å². The van der Waals surface area contributed by atoms with Crippen molar-refractivity contribution in [3.8, 4) is 0 Å². The monoisotopic (exact) mass is 268 g/mol. The molecule has 0 heterocycles. The minimum atomic E-state index is -0.549. The highest BCUT2D eigenvalue weighted by molar-refractivity contribution is 6.31. The van der Waals surface area contributed by atoms with Crippen LogP contribution in [0, 0.1) is 6.92 Å². The third-order valence-electron chi connectivity index (χ3n) is 2.47. The van der Waals surface area contributed by atoms with E-state index in [1.807, 2.05) is 25.1 Å². The molecule has 2 N–H and O–H groups in total. The highest BCUT2D eigenvalue weighted by Crippen LogP contribution is 2.17. The Morgan fingerprint density at radius 2 is 2.06 bits per heavy atom. The summed E-state index contributed by atoms with van der Waals surface area (Å²) >= 11 is 6.06. The maximum absolute atomic E-state index is 11.7.